The zero-order valence-corrected chi connectivity index (χ0v) is 6.51. The Morgan fingerprint density at radius 2 is 2.18 bits per heavy atom. The minimum Gasteiger partial charge on any atom is -0.170 e. The van der Waals surface area contributed by atoms with Crippen LogP contribution in [0.5, 0.6) is 0 Å². The fraction of sp³-hybridized carbons (Fsp3) is 0.429. The molecule has 0 N–H and O–H groups in total. The first-order chi connectivity index (χ1) is 5.02. The Kier molecular flexibility index (Phi) is 2.10. The monoisotopic (exact) mass is 178 g/mol. The predicted molar refractivity (Wildman–Crippen MR) is 36.5 cm³/mol. The van der Waals surface area contributed by atoms with Crippen molar-refractivity contribution in [3.05, 3.63) is 22.4 Å². The van der Waals surface area contributed by atoms with Gasteiger partial charge < -0.3 is 0 Å². The summed E-state index contributed by atoms with van der Waals surface area (Å²) in [5.74, 6) is -1.39. The Morgan fingerprint density at radius 3 is 2.55 bits per heavy atom. The molecule has 0 radical (unpaired) electrons. The summed E-state index contributed by atoms with van der Waals surface area (Å²) in [6, 6.07) is 3.80. The van der Waals surface area contributed by atoms with Crippen LogP contribution in [0, 0.1) is 11.4 Å². The third-order valence-corrected chi connectivity index (χ3v) is 2.29. The van der Waals surface area contributed by atoms with Gasteiger partial charge in [0.2, 0.25) is 0 Å². The predicted octanol–water partition coefficient (Wildman–Crippen LogP) is 3.01. The third kappa shape index (κ3) is 1.87. The van der Waals surface area contributed by atoms with E-state index in [1.165, 1.54) is 6.07 Å². The van der Waals surface area contributed by atoms with Crippen molar-refractivity contribution in [1.82, 2.24) is 0 Å². The van der Waals surface area contributed by atoms with E-state index in [-0.39, 0.29) is 4.88 Å². The molecule has 0 aliphatic heterocycles. The molecule has 1 aromatic rings. The highest BCUT2D eigenvalue weighted by molar-refractivity contribution is 7.08. The maximum absolute atomic E-state index is 12.0. The zero-order chi connectivity index (χ0) is 8.48. The van der Waals surface area contributed by atoms with Gasteiger partial charge in [-0.3, -0.25) is 0 Å². The first-order valence-electron chi connectivity index (χ1n) is 2.96. The van der Waals surface area contributed by atoms with Crippen LogP contribution in [0.4, 0.5) is 13.2 Å². The highest BCUT2D eigenvalue weighted by atomic mass is 32.1. The first kappa shape index (κ1) is 8.41. The van der Waals surface area contributed by atoms with Crippen molar-refractivity contribution >= 4 is 11.3 Å². The molecule has 1 heterocycles. The lowest BCUT2D eigenvalue weighted by molar-refractivity contribution is -0.145. The molecule has 1 rings (SSSR count). The van der Waals surface area contributed by atoms with Gasteiger partial charge in [0.25, 0.3) is 0 Å². The Morgan fingerprint density at radius 1 is 1.55 bits per heavy atom. The normalized spacial score (nSPS) is 14.2. The largest absolute Gasteiger partial charge is 0.396 e. The number of halogens is 3. The topological polar surface area (TPSA) is 0 Å². The number of alkyl halides is 3. The minimum atomic E-state index is -4.15. The molecule has 0 amide bonds. The van der Waals surface area contributed by atoms with Gasteiger partial charge in [-0.2, -0.15) is 13.2 Å². The summed E-state index contributed by atoms with van der Waals surface area (Å²) in [6.07, 6.45) is -4.15. The van der Waals surface area contributed by atoms with Gasteiger partial charge in [0.05, 0.1) is 5.92 Å². The fourth-order valence-electron chi connectivity index (χ4n) is 0.593. The van der Waals surface area contributed by atoms with E-state index in [0.717, 1.165) is 18.3 Å². The average molecular weight is 178 g/mol. The van der Waals surface area contributed by atoms with Gasteiger partial charge in [-0.15, -0.1) is 0 Å². The van der Waals surface area contributed by atoms with E-state index >= 15 is 0 Å². The molecule has 0 nitrogen and oxygen atoms in total. The number of hydrogen-bond acceptors (Lipinski definition) is 1. The van der Waals surface area contributed by atoms with Crippen molar-refractivity contribution in [2.75, 3.05) is 0 Å². The molecule has 0 spiro atoms. The molecule has 0 aliphatic rings. The van der Waals surface area contributed by atoms with E-state index in [2.05, 4.69) is 11.4 Å². The van der Waals surface area contributed by atoms with E-state index in [0.29, 0.717) is 0 Å². The van der Waals surface area contributed by atoms with Crippen LogP contribution >= 0.6 is 11.3 Å². The highest BCUT2D eigenvalue weighted by Crippen LogP contribution is 2.35. The lowest BCUT2D eigenvalue weighted by Gasteiger charge is -2.12. The highest BCUT2D eigenvalue weighted by Gasteiger charge is 2.37. The first-order valence-corrected chi connectivity index (χ1v) is 3.77. The van der Waals surface area contributed by atoms with Crippen molar-refractivity contribution in [3.63, 3.8) is 0 Å². The molecule has 0 aromatic carbocycles. The Hall–Kier alpha value is -0.690. The van der Waals surface area contributed by atoms with Crippen LogP contribution in [0.15, 0.2) is 6.07 Å². The van der Waals surface area contributed by atoms with Crippen LogP contribution in [0.3, 0.4) is 0 Å². The van der Waals surface area contributed by atoms with Crippen molar-refractivity contribution in [3.8, 4) is 0 Å². The average Bonchev–Trinajstić information content (AvgIpc) is 2.34. The second kappa shape index (κ2) is 2.74. The standard InChI is InChI=1S/C7H5F3S/c1-5(7(8,9)10)6-3-2-4-11-6/h3,5H,1H3. The summed E-state index contributed by atoms with van der Waals surface area (Å²) in [7, 11) is 0. The van der Waals surface area contributed by atoms with Gasteiger partial charge in [-0.05, 0) is 12.3 Å². The molecule has 4 heteroatoms. The van der Waals surface area contributed by atoms with Crippen LogP contribution < -0.4 is 0 Å². The zero-order valence-electron chi connectivity index (χ0n) is 5.70. The molecule has 60 valence electrons. The Balaban J connectivity index is 2.78. The smallest absolute Gasteiger partial charge is 0.170 e. The molecule has 11 heavy (non-hydrogen) atoms. The number of hydrogen-bond donors (Lipinski definition) is 0. The van der Waals surface area contributed by atoms with Gasteiger partial charge in [-0.25, -0.2) is 0 Å². The molecule has 1 atom stereocenters. The summed E-state index contributed by atoms with van der Waals surface area (Å²) >= 11 is 0.957. The summed E-state index contributed by atoms with van der Waals surface area (Å²) in [6.45, 7) is 1.13. The van der Waals surface area contributed by atoms with Crippen molar-refractivity contribution in [1.29, 1.82) is 0 Å². The van der Waals surface area contributed by atoms with Gasteiger partial charge >= 0.3 is 6.18 Å². The van der Waals surface area contributed by atoms with Gasteiger partial charge in [0.1, 0.15) is 0 Å². The quantitative estimate of drug-likeness (QED) is 0.620. The second-order valence-corrected chi connectivity index (χ2v) is 3.04. The molecule has 0 bridgehead atoms. The maximum Gasteiger partial charge on any atom is 0.396 e. The van der Waals surface area contributed by atoms with E-state index in [4.69, 9.17) is 0 Å². The molecular weight excluding hydrogens is 173 g/mol. The molecule has 1 aromatic heterocycles. The van der Waals surface area contributed by atoms with Crippen LogP contribution in [0.25, 0.3) is 0 Å². The lowest BCUT2D eigenvalue weighted by Crippen LogP contribution is -2.16. The molecule has 0 aliphatic carbocycles. The molecular formula is C7H5F3S. The molecule has 1 unspecified atom stereocenters. The molecule has 0 saturated heterocycles. The van der Waals surface area contributed by atoms with Crippen LogP contribution in [-0.4, -0.2) is 6.18 Å². The van der Waals surface area contributed by atoms with Gasteiger partial charge in [0.15, 0.2) is 0 Å². The van der Waals surface area contributed by atoms with E-state index in [1.807, 2.05) is 0 Å². The van der Waals surface area contributed by atoms with Crippen LogP contribution in [0.1, 0.15) is 17.7 Å². The van der Waals surface area contributed by atoms with Crippen LogP contribution in [0.2, 0.25) is 0 Å². The minimum absolute atomic E-state index is 0.262. The van der Waals surface area contributed by atoms with E-state index in [9.17, 15) is 13.2 Å². The summed E-state index contributed by atoms with van der Waals surface area (Å²) in [4.78, 5) is 0.262. The Labute approximate surface area is 66.7 Å². The van der Waals surface area contributed by atoms with Gasteiger partial charge in [-0.1, -0.05) is 17.4 Å². The van der Waals surface area contributed by atoms with Crippen molar-refractivity contribution in [2.24, 2.45) is 0 Å². The summed E-state index contributed by atoms with van der Waals surface area (Å²) in [5, 5.41) is 2.50. The number of rotatable bonds is 1. The fourth-order valence-corrected chi connectivity index (χ4v) is 1.26. The van der Waals surface area contributed by atoms with Gasteiger partial charge in [0, 0.05) is 10.9 Å². The van der Waals surface area contributed by atoms with Crippen molar-refractivity contribution < 1.29 is 13.2 Å². The molecule has 0 saturated carbocycles. The third-order valence-electron chi connectivity index (χ3n) is 1.36. The SMILES string of the molecule is CC(c1cc#cs1)C(F)(F)F. The lowest BCUT2D eigenvalue weighted by atomic mass is 10.1. The van der Waals surface area contributed by atoms with E-state index < -0.39 is 12.1 Å². The maximum atomic E-state index is 12.0. The second-order valence-electron chi connectivity index (χ2n) is 2.16. The summed E-state index contributed by atoms with van der Waals surface area (Å²) in [5.41, 5.74) is 0. The van der Waals surface area contributed by atoms with Crippen LogP contribution in [-0.2, 0) is 0 Å². The Bertz CT molecular complexity index is 212. The van der Waals surface area contributed by atoms with Crippen molar-refractivity contribution in [2.45, 2.75) is 19.0 Å². The van der Waals surface area contributed by atoms with E-state index in [1.54, 1.807) is 0 Å². The summed E-state index contributed by atoms with van der Waals surface area (Å²) < 4.78 is 36.0. The molecule has 0 fully saturated rings.